The van der Waals surface area contributed by atoms with Gasteiger partial charge in [0, 0.05) is 33.3 Å². The van der Waals surface area contributed by atoms with Crippen LogP contribution < -0.4 is 0 Å². The topological polar surface area (TPSA) is 9.72 Å². The van der Waals surface area contributed by atoms with Crippen molar-refractivity contribution in [3.8, 4) is 0 Å². The molecular formula is C20H27N3S. The van der Waals surface area contributed by atoms with Crippen molar-refractivity contribution < 1.29 is 0 Å². The second kappa shape index (κ2) is 7.19. The molecule has 3 aromatic rings. The third kappa shape index (κ3) is 3.78. The highest BCUT2D eigenvalue weighted by Crippen LogP contribution is 2.36. The summed E-state index contributed by atoms with van der Waals surface area (Å²) in [5, 5.41) is 2.79. The maximum atomic E-state index is 2.36. The molecule has 0 saturated carbocycles. The normalized spacial score (nSPS) is 12.3. The Morgan fingerprint density at radius 3 is 2.33 bits per heavy atom. The van der Waals surface area contributed by atoms with E-state index in [1.165, 1.54) is 31.3 Å². The summed E-state index contributed by atoms with van der Waals surface area (Å²) >= 11 is 1.92. The summed E-state index contributed by atoms with van der Waals surface area (Å²) in [4.78, 5) is 6.78. The number of hydrogen-bond acceptors (Lipinski definition) is 4. The minimum atomic E-state index is 0.967. The molecule has 0 bridgehead atoms. The van der Waals surface area contributed by atoms with Crippen molar-refractivity contribution in [3.63, 3.8) is 0 Å². The predicted molar refractivity (Wildman–Crippen MR) is 107 cm³/mol. The van der Waals surface area contributed by atoms with E-state index in [1.54, 1.807) is 0 Å². The van der Waals surface area contributed by atoms with E-state index in [4.69, 9.17) is 0 Å². The maximum absolute atomic E-state index is 2.36. The fourth-order valence-electron chi connectivity index (χ4n) is 3.32. The van der Waals surface area contributed by atoms with E-state index in [-0.39, 0.29) is 0 Å². The first kappa shape index (κ1) is 17.4. The number of hydrogen-bond donors (Lipinski definition) is 0. The van der Waals surface area contributed by atoms with Crippen LogP contribution in [-0.4, -0.2) is 56.6 Å². The molecule has 0 aliphatic carbocycles. The summed E-state index contributed by atoms with van der Waals surface area (Å²) < 4.78 is 2.82. The van der Waals surface area contributed by atoms with E-state index < -0.39 is 0 Å². The lowest BCUT2D eigenvalue weighted by Crippen LogP contribution is -2.29. The van der Waals surface area contributed by atoms with Crippen LogP contribution in [0.2, 0.25) is 0 Å². The molecule has 0 aliphatic heterocycles. The highest BCUT2D eigenvalue weighted by atomic mass is 32.1. The van der Waals surface area contributed by atoms with Gasteiger partial charge in [0.25, 0.3) is 0 Å². The summed E-state index contributed by atoms with van der Waals surface area (Å²) in [6.45, 7) is 2.93. The Bertz CT molecular complexity index is 835. The molecule has 0 saturated heterocycles. The van der Waals surface area contributed by atoms with Crippen molar-refractivity contribution in [2.75, 3.05) is 41.9 Å². The van der Waals surface area contributed by atoms with Gasteiger partial charge in [-0.05, 0) is 58.5 Å². The molecule has 0 fully saturated rings. The first-order valence-electron chi connectivity index (χ1n) is 8.35. The molecule has 24 heavy (non-hydrogen) atoms. The third-order valence-electron chi connectivity index (χ3n) is 4.11. The first-order valence-corrected chi connectivity index (χ1v) is 9.16. The van der Waals surface area contributed by atoms with Crippen LogP contribution in [0.15, 0.2) is 36.4 Å². The average Bonchev–Trinajstić information content (AvgIpc) is 2.85. The second-order valence-electron chi connectivity index (χ2n) is 7.20. The molecule has 2 aromatic carbocycles. The first-order chi connectivity index (χ1) is 11.4. The Labute approximate surface area is 149 Å². The van der Waals surface area contributed by atoms with Crippen molar-refractivity contribution in [3.05, 3.63) is 47.5 Å². The molecular weight excluding hydrogens is 314 g/mol. The molecule has 0 unspecified atom stereocenters. The molecule has 0 aliphatic rings. The Morgan fingerprint density at radius 1 is 0.833 bits per heavy atom. The van der Waals surface area contributed by atoms with Crippen LogP contribution in [0.5, 0.6) is 0 Å². The van der Waals surface area contributed by atoms with Gasteiger partial charge in [0.1, 0.15) is 0 Å². The van der Waals surface area contributed by atoms with Crippen molar-refractivity contribution in [2.45, 2.75) is 13.1 Å². The van der Waals surface area contributed by atoms with Gasteiger partial charge in [0.05, 0.1) is 6.67 Å². The van der Waals surface area contributed by atoms with Crippen LogP contribution >= 0.6 is 11.3 Å². The van der Waals surface area contributed by atoms with Gasteiger partial charge < -0.3 is 4.90 Å². The summed E-state index contributed by atoms with van der Waals surface area (Å²) in [5.74, 6) is 0. The fraction of sp³-hybridized carbons (Fsp3) is 0.400. The second-order valence-corrected chi connectivity index (χ2v) is 8.25. The Kier molecular flexibility index (Phi) is 5.21. The van der Waals surface area contributed by atoms with Crippen molar-refractivity contribution >= 4 is 31.5 Å². The quantitative estimate of drug-likeness (QED) is 0.626. The number of nitrogens with zero attached hydrogens (tertiary/aromatic N) is 3. The lowest BCUT2D eigenvalue weighted by Gasteiger charge is -2.21. The largest absolute Gasteiger partial charge is 0.305 e. The molecule has 0 amide bonds. The van der Waals surface area contributed by atoms with E-state index in [0.717, 1.165) is 19.8 Å². The molecule has 3 rings (SSSR count). The SMILES string of the molecule is CN(C)Cc1ccc2sc3c(CN(C)CN(C)C)cccc3c2c1. The van der Waals surface area contributed by atoms with Crippen LogP contribution in [0, 0.1) is 0 Å². The van der Waals surface area contributed by atoms with Crippen LogP contribution in [0.3, 0.4) is 0 Å². The molecule has 1 aromatic heterocycles. The Morgan fingerprint density at radius 2 is 1.62 bits per heavy atom. The Balaban J connectivity index is 2.00. The molecule has 0 atom stereocenters. The smallest absolute Gasteiger partial charge is 0.0501 e. The van der Waals surface area contributed by atoms with Crippen LogP contribution in [0.1, 0.15) is 11.1 Å². The standard InChI is InChI=1S/C20H27N3S/c1-21(2)12-15-9-10-19-18(11-15)17-8-6-7-16(20(17)24-19)13-23(5)14-22(3)4/h6-11H,12-14H2,1-5H3. The molecule has 3 nitrogen and oxygen atoms in total. The third-order valence-corrected chi connectivity index (χ3v) is 5.37. The van der Waals surface area contributed by atoms with Gasteiger partial charge in [-0.15, -0.1) is 11.3 Å². The highest BCUT2D eigenvalue weighted by Gasteiger charge is 2.11. The zero-order chi connectivity index (χ0) is 17.3. The number of benzene rings is 2. The van der Waals surface area contributed by atoms with Gasteiger partial charge in [-0.25, -0.2) is 0 Å². The zero-order valence-corrected chi connectivity index (χ0v) is 16.2. The van der Waals surface area contributed by atoms with Gasteiger partial charge >= 0.3 is 0 Å². The van der Waals surface area contributed by atoms with Gasteiger partial charge in [-0.2, -0.15) is 0 Å². The number of fused-ring (bicyclic) bond motifs is 3. The summed E-state index contributed by atoms with van der Waals surface area (Å²) in [6, 6.07) is 13.6. The fourth-order valence-corrected chi connectivity index (χ4v) is 4.50. The van der Waals surface area contributed by atoms with Crippen molar-refractivity contribution in [1.82, 2.24) is 14.7 Å². The van der Waals surface area contributed by atoms with Crippen LogP contribution in [0.4, 0.5) is 0 Å². The molecule has 1 heterocycles. The highest BCUT2D eigenvalue weighted by molar-refractivity contribution is 7.26. The zero-order valence-electron chi connectivity index (χ0n) is 15.3. The number of rotatable bonds is 6. The van der Waals surface area contributed by atoms with Gasteiger partial charge in [-0.3, -0.25) is 9.80 Å². The van der Waals surface area contributed by atoms with Gasteiger partial charge in [0.15, 0.2) is 0 Å². The van der Waals surface area contributed by atoms with Gasteiger partial charge in [0.2, 0.25) is 0 Å². The van der Waals surface area contributed by atoms with E-state index >= 15 is 0 Å². The van der Waals surface area contributed by atoms with Crippen molar-refractivity contribution in [2.24, 2.45) is 0 Å². The molecule has 0 radical (unpaired) electrons. The lowest BCUT2D eigenvalue weighted by atomic mass is 10.1. The van der Waals surface area contributed by atoms with E-state index in [2.05, 4.69) is 86.3 Å². The molecule has 0 spiro atoms. The summed E-state index contributed by atoms with van der Waals surface area (Å²) in [5.41, 5.74) is 2.80. The molecule has 4 heteroatoms. The van der Waals surface area contributed by atoms with Crippen molar-refractivity contribution in [1.29, 1.82) is 0 Å². The number of thiophene rings is 1. The predicted octanol–water partition coefficient (Wildman–Crippen LogP) is 4.07. The van der Waals surface area contributed by atoms with Gasteiger partial charge in [-0.1, -0.05) is 24.3 Å². The summed E-state index contributed by atoms with van der Waals surface area (Å²) in [7, 11) is 10.6. The average molecular weight is 342 g/mol. The summed E-state index contributed by atoms with van der Waals surface area (Å²) in [6.07, 6.45) is 0. The van der Waals surface area contributed by atoms with Crippen LogP contribution in [-0.2, 0) is 13.1 Å². The van der Waals surface area contributed by atoms with Crippen LogP contribution in [0.25, 0.3) is 20.2 Å². The molecule has 0 N–H and O–H groups in total. The minimum absolute atomic E-state index is 0.967. The maximum Gasteiger partial charge on any atom is 0.0501 e. The van der Waals surface area contributed by atoms with E-state index in [1.807, 2.05) is 11.3 Å². The Hall–Kier alpha value is -1.46. The van der Waals surface area contributed by atoms with E-state index in [9.17, 15) is 0 Å². The molecule has 128 valence electrons. The van der Waals surface area contributed by atoms with E-state index in [0.29, 0.717) is 0 Å². The minimum Gasteiger partial charge on any atom is -0.305 e. The lowest BCUT2D eigenvalue weighted by molar-refractivity contribution is 0.205. The monoisotopic (exact) mass is 341 g/mol.